The molecule has 1 aromatic rings. The lowest BCUT2D eigenvalue weighted by atomic mass is 10.1. The number of unbranched alkanes of at least 4 members (excludes halogenated alkanes) is 1. The summed E-state index contributed by atoms with van der Waals surface area (Å²) in [5, 5.41) is 3.20. The lowest BCUT2D eigenvalue weighted by molar-refractivity contribution is 0.519. The van der Waals surface area contributed by atoms with Gasteiger partial charge in [0, 0.05) is 12.6 Å². The first-order chi connectivity index (χ1) is 8.08. The fourth-order valence-corrected chi connectivity index (χ4v) is 1.75. The highest BCUT2D eigenvalue weighted by Gasteiger charge is 2.00. The summed E-state index contributed by atoms with van der Waals surface area (Å²) in [7, 11) is 0. The van der Waals surface area contributed by atoms with Crippen LogP contribution in [0.3, 0.4) is 0 Å². The SMILES string of the molecule is CC(C)CCCCNCc1cc(F)cc(F)c1. The van der Waals surface area contributed by atoms with Crippen molar-refractivity contribution in [3.05, 3.63) is 35.4 Å². The van der Waals surface area contributed by atoms with Crippen LogP contribution >= 0.6 is 0 Å². The highest BCUT2D eigenvalue weighted by Crippen LogP contribution is 2.08. The standard InChI is InChI=1S/C14H21F2N/c1-11(2)5-3-4-6-17-10-12-7-13(15)9-14(16)8-12/h7-9,11,17H,3-6,10H2,1-2H3. The van der Waals surface area contributed by atoms with Crippen molar-refractivity contribution in [2.24, 2.45) is 5.92 Å². The first-order valence-corrected chi connectivity index (χ1v) is 6.23. The summed E-state index contributed by atoms with van der Waals surface area (Å²) in [6.45, 7) is 5.84. The lowest BCUT2D eigenvalue weighted by Crippen LogP contribution is -2.15. The first-order valence-electron chi connectivity index (χ1n) is 6.23. The molecule has 1 nitrogen and oxygen atoms in total. The Morgan fingerprint density at radius 1 is 1.06 bits per heavy atom. The molecule has 3 heteroatoms. The van der Waals surface area contributed by atoms with Gasteiger partial charge in [0.15, 0.2) is 0 Å². The molecule has 1 N–H and O–H groups in total. The summed E-state index contributed by atoms with van der Waals surface area (Å²) >= 11 is 0. The summed E-state index contributed by atoms with van der Waals surface area (Å²) in [6.07, 6.45) is 3.54. The van der Waals surface area contributed by atoms with E-state index in [1.807, 2.05) is 0 Å². The van der Waals surface area contributed by atoms with Crippen molar-refractivity contribution in [2.45, 2.75) is 39.7 Å². The van der Waals surface area contributed by atoms with Gasteiger partial charge in [0.2, 0.25) is 0 Å². The van der Waals surface area contributed by atoms with Crippen molar-refractivity contribution >= 4 is 0 Å². The fraction of sp³-hybridized carbons (Fsp3) is 0.571. The molecule has 0 radical (unpaired) electrons. The maximum Gasteiger partial charge on any atom is 0.126 e. The minimum absolute atomic E-state index is 0.512. The second-order valence-electron chi connectivity index (χ2n) is 4.84. The number of hydrogen-bond acceptors (Lipinski definition) is 1. The quantitative estimate of drug-likeness (QED) is 0.714. The van der Waals surface area contributed by atoms with E-state index in [4.69, 9.17) is 0 Å². The molecule has 0 bridgehead atoms. The zero-order valence-electron chi connectivity index (χ0n) is 10.6. The maximum atomic E-state index is 12.9. The van der Waals surface area contributed by atoms with E-state index in [-0.39, 0.29) is 0 Å². The largest absolute Gasteiger partial charge is 0.313 e. The molecule has 0 saturated carbocycles. The Kier molecular flexibility index (Phi) is 6.12. The molecule has 0 unspecified atom stereocenters. The number of rotatable bonds is 7. The Labute approximate surface area is 102 Å². The Morgan fingerprint density at radius 2 is 1.71 bits per heavy atom. The summed E-state index contributed by atoms with van der Waals surface area (Å²) in [4.78, 5) is 0. The van der Waals surface area contributed by atoms with Gasteiger partial charge in [-0.1, -0.05) is 26.7 Å². The lowest BCUT2D eigenvalue weighted by Gasteiger charge is -2.06. The monoisotopic (exact) mass is 241 g/mol. The molecule has 1 aromatic carbocycles. The van der Waals surface area contributed by atoms with E-state index in [2.05, 4.69) is 19.2 Å². The smallest absolute Gasteiger partial charge is 0.126 e. The van der Waals surface area contributed by atoms with Gasteiger partial charge in [-0.05, 0) is 36.6 Å². The average Bonchev–Trinajstić information content (AvgIpc) is 2.21. The van der Waals surface area contributed by atoms with Crippen LogP contribution in [0, 0.1) is 17.6 Å². The van der Waals surface area contributed by atoms with Crippen LogP contribution in [0.1, 0.15) is 38.7 Å². The number of nitrogens with one attached hydrogen (secondary N) is 1. The summed E-state index contributed by atoms with van der Waals surface area (Å²) in [6, 6.07) is 3.63. The van der Waals surface area contributed by atoms with Crippen LogP contribution in [0.15, 0.2) is 18.2 Å². The highest BCUT2D eigenvalue weighted by molar-refractivity contribution is 5.17. The van der Waals surface area contributed by atoms with Gasteiger partial charge < -0.3 is 5.32 Å². The normalized spacial score (nSPS) is 11.1. The van der Waals surface area contributed by atoms with E-state index in [1.54, 1.807) is 0 Å². The highest BCUT2D eigenvalue weighted by atomic mass is 19.1. The van der Waals surface area contributed by atoms with Crippen LogP contribution in [-0.2, 0) is 6.54 Å². The second kappa shape index (κ2) is 7.38. The molecule has 0 aliphatic rings. The third-order valence-corrected chi connectivity index (χ3v) is 2.64. The zero-order valence-corrected chi connectivity index (χ0v) is 10.6. The molecule has 0 amide bonds. The zero-order chi connectivity index (χ0) is 12.7. The predicted octanol–water partition coefficient (Wildman–Crippen LogP) is 3.88. The van der Waals surface area contributed by atoms with Crippen molar-refractivity contribution in [2.75, 3.05) is 6.54 Å². The molecule has 0 saturated heterocycles. The van der Waals surface area contributed by atoms with Crippen LogP contribution in [0.25, 0.3) is 0 Å². The van der Waals surface area contributed by atoms with Gasteiger partial charge in [-0.25, -0.2) is 8.78 Å². The Bertz CT molecular complexity index is 317. The molecule has 1 rings (SSSR count). The van der Waals surface area contributed by atoms with Gasteiger partial charge in [-0.15, -0.1) is 0 Å². The maximum absolute atomic E-state index is 12.9. The molecule has 96 valence electrons. The van der Waals surface area contributed by atoms with Crippen molar-refractivity contribution in [1.82, 2.24) is 5.32 Å². The Hall–Kier alpha value is -0.960. The molecule has 17 heavy (non-hydrogen) atoms. The number of halogens is 2. The van der Waals surface area contributed by atoms with Crippen LogP contribution in [0.4, 0.5) is 8.78 Å². The molecule has 0 heterocycles. The van der Waals surface area contributed by atoms with Gasteiger partial charge in [0.25, 0.3) is 0 Å². The van der Waals surface area contributed by atoms with Gasteiger partial charge in [0.05, 0.1) is 0 Å². The fourth-order valence-electron chi connectivity index (χ4n) is 1.75. The molecule has 0 spiro atoms. The van der Waals surface area contributed by atoms with Gasteiger partial charge in [0.1, 0.15) is 11.6 Å². The van der Waals surface area contributed by atoms with Crippen LogP contribution in [0.2, 0.25) is 0 Å². The van der Waals surface area contributed by atoms with Crippen LogP contribution in [-0.4, -0.2) is 6.54 Å². The molecule has 0 atom stereocenters. The van der Waals surface area contributed by atoms with Crippen molar-refractivity contribution in [3.63, 3.8) is 0 Å². The molecular weight excluding hydrogens is 220 g/mol. The topological polar surface area (TPSA) is 12.0 Å². The van der Waals surface area contributed by atoms with Gasteiger partial charge >= 0.3 is 0 Å². The molecule has 0 aliphatic heterocycles. The third kappa shape index (κ3) is 6.37. The summed E-state index contributed by atoms with van der Waals surface area (Å²) in [5.74, 6) is -0.282. The van der Waals surface area contributed by atoms with Gasteiger partial charge in [-0.2, -0.15) is 0 Å². The minimum atomic E-state index is -0.512. The number of benzene rings is 1. The van der Waals surface area contributed by atoms with Crippen LogP contribution < -0.4 is 5.32 Å². The van der Waals surface area contributed by atoms with E-state index in [0.717, 1.165) is 24.9 Å². The Balaban J connectivity index is 2.18. The van der Waals surface area contributed by atoms with E-state index in [1.165, 1.54) is 25.0 Å². The molecule has 0 aromatic heterocycles. The van der Waals surface area contributed by atoms with Gasteiger partial charge in [-0.3, -0.25) is 0 Å². The first kappa shape index (κ1) is 14.1. The number of hydrogen-bond donors (Lipinski definition) is 1. The summed E-state index contributed by atoms with van der Waals surface area (Å²) in [5.41, 5.74) is 0.659. The predicted molar refractivity (Wildman–Crippen MR) is 66.8 cm³/mol. The van der Waals surface area contributed by atoms with Crippen molar-refractivity contribution in [1.29, 1.82) is 0 Å². The summed E-state index contributed by atoms with van der Waals surface area (Å²) < 4.78 is 25.8. The second-order valence-corrected chi connectivity index (χ2v) is 4.84. The minimum Gasteiger partial charge on any atom is -0.313 e. The van der Waals surface area contributed by atoms with Crippen molar-refractivity contribution in [3.8, 4) is 0 Å². The average molecular weight is 241 g/mol. The molecular formula is C14H21F2N. The van der Waals surface area contributed by atoms with E-state index < -0.39 is 11.6 Å². The van der Waals surface area contributed by atoms with E-state index in [0.29, 0.717) is 12.1 Å². The van der Waals surface area contributed by atoms with E-state index >= 15 is 0 Å². The third-order valence-electron chi connectivity index (χ3n) is 2.64. The Morgan fingerprint density at radius 3 is 2.29 bits per heavy atom. The van der Waals surface area contributed by atoms with Crippen molar-refractivity contribution < 1.29 is 8.78 Å². The van der Waals surface area contributed by atoms with Crippen LogP contribution in [0.5, 0.6) is 0 Å². The van der Waals surface area contributed by atoms with E-state index in [9.17, 15) is 8.78 Å². The molecule has 0 fully saturated rings. The molecule has 0 aliphatic carbocycles.